The van der Waals surface area contributed by atoms with Crippen molar-refractivity contribution < 1.29 is 13.2 Å². The van der Waals surface area contributed by atoms with Gasteiger partial charge in [0.25, 0.3) is 5.91 Å². The molecule has 0 bridgehead atoms. The van der Waals surface area contributed by atoms with Crippen molar-refractivity contribution in [3.63, 3.8) is 0 Å². The molecule has 4 aromatic rings. The first-order valence-corrected chi connectivity index (χ1v) is 14.2. The molecule has 0 N–H and O–H groups in total. The van der Waals surface area contributed by atoms with Gasteiger partial charge in [0.05, 0.1) is 22.7 Å². The Kier molecular flexibility index (Phi) is 7.50. The van der Waals surface area contributed by atoms with Gasteiger partial charge in [0.15, 0.2) is 15.5 Å². The van der Waals surface area contributed by atoms with Crippen molar-refractivity contribution in [2.45, 2.75) is 23.6 Å². The molecular formula is C30H28N4O3S. The van der Waals surface area contributed by atoms with Gasteiger partial charge in [-0.2, -0.15) is 0 Å². The summed E-state index contributed by atoms with van der Waals surface area (Å²) in [4.78, 5) is 25.3. The molecule has 1 aliphatic rings. The number of benzene rings is 3. The lowest BCUT2D eigenvalue weighted by molar-refractivity contribution is 0.0761. The summed E-state index contributed by atoms with van der Waals surface area (Å²) in [6.45, 7) is 10.8. The van der Waals surface area contributed by atoms with Gasteiger partial charge in [-0.05, 0) is 41.8 Å². The molecule has 38 heavy (non-hydrogen) atoms. The van der Waals surface area contributed by atoms with E-state index in [4.69, 9.17) is 6.57 Å². The molecule has 7 nitrogen and oxygen atoms in total. The summed E-state index contributed by atoms with van der Waals surface area (Å²) in [6.07, 6.45) is 2.47. The fourth-order valence-corrected chi connectivity index (χ4v) is 6.35. The van der Waals surface area contributed by atoms with Crippen LogP contribution in [0.2, 0.25) is 0 Å². The molecule has 5 rings (SSSR count). The molecule has 0 aliphatic carbocycles. The molecule has 0 atom stereocenters. The Balaban J connectivity index is 1.22. The summed E-state index contributed by atoms with van der Waals surface area (Å²) in [6, 6.07) is 23.3. The van der Waals surface area contributed by atoms with Gasteiger partial charge in [0.2, 0.25) is 0 Å². The molecular weight excluding hydrogens is 496 g/mol. The molecule has 8 heteroatoms. The van der Waals surface area contributed by atoms with Crippen LogP contribution in [0.1, 0.15) is 27.9 Å². The van der Waals surface area contributed by atoms with Crippen molar-refractivity contribution in [2.24, 2.45) is 0 Å². The number of amides is 1. The number of hydrogen-bond acceptors (Lipinski definition) is 5. The minimum atomic E-state index is -3.61. The second kappa shape index (κ2) is 11.1. The fraction of sp³-hybridized carbons (Fsp3) is 0.233. The number of para-hydroxylation sites is 1. The number of nitrogens with zero attached hydrogens (tertiary/aromatic N) is 4. The molecule has 2 heterocycles. The van der Waals surface area contributed by atoms with Crippen LogP contribution >= 0.6 is 0 Å². The van der Waals surface area contributed by atoms with Gasteiger partial charge in [-0.15, -0.1) is 0 Å². The number of fused-ring (bicyclic) bond motifs is 1. The molecule has 1 amide bonds. The summed E-state index contributed by atoms with van der Waals surface area (Å²) >= 11 is 0. The second-order valence-electron chi connectivity index (χ2n) is 9.49. The molecule has 0 unspecified atom stereocenters. The highest BCUT2D eigenvalue weighted by Gasteiger charge is 2.22. The summed E-state index contributed by atoms with van der Waals surface area (Å²) in [7, 11) is -3.61. The first kappa shape index (κ1) is 25.6. The van der Waals surface area contributed by atoms with Crippen LogP contribution in [-0.2, 0) is 22.1 Å². The number of sulfone groups is 1. The highest BCUT2D eigenvalue weighted by atomic mass is 32.2. The second-order valence-corrected chi connectivity index (χ2v) is 11.4. The zero-order valence-corrected chi connectivity index (χ0v) is 21.8. The lowest BCUT2D eigenvalue weighted by atomic mass is 10.1. The summed E-state index contributed by atoms with van der Waals surface area (Å²) in [5, 5.41) is 0.781. The van der Waals surface area contributed by atoms with Crippen LogP contribution in [0.4, 0.5) is 5.69 Å². The Hall–Kier alpha value is -4.06. The molecule has 1 saturated heterocycles. The van der Waals surface area contributed by atoms with Gasteiger partial charge in [-0.25, -0.2) is 13.3 Å². The maximum absolute atomic E-state index is 13.2. The van der Waals surface area contributed by atoms with E-state index in [1.807, 2.05) is 41.3 Å². The molecule has 0 radical (unpaired) electrons. The third kappa shape index (κ3) is 5.75. The molecule has 1 fully saturated rings. The number of aromatic nitrogens is 1. The average molecular weight is 525 g/mol. The van der Waals surface area contributed by atoms with Crippen molar-refractivity contribution in [3.8, 4) is 0 Å². The maximum Gasteiger partial charge on any atom is 0.253 e. The van der Waals surface area contributed by atoms with Gasteiger partial charge in [0.1, 0.15) is 0 Å². The van der Waals surface area contributed by atoms with E-state index in [1.54, 1.807) is 48.7 Å². The van der Waals surface area contributed by atoms with Gasteiger partial charge >= 0.3 is 0 Å². The highest BCUT2D eigenvalue weighted by molar-refractivity contribution is 7.90. The molecule has 192 valence electrons. The summed E-state index contributed by atoms with van der Waals surface area (Å²) < 4.78 is 26.4. The third-order valence-corrected chi connectivity index (χ3v) is 8.55. The number of rotatable bonds is 6. The van der Waals surface area contributed by atoms with E-state index >= 15 is 0 Å². The van der Waals surface area contributed by atoms with Gasteiger partial charge in [-0.1, -0.05) is 54.6 Å². The van der Waals surface area contributed by atoms with E-state index in [2.05, 4.69) is 14.7 Å². The Morgan fingerprint density at radius 2 is 1.61 bits per heavy atom. The van der Waals surface area contributed by atoms with Crippen molar-refractivity contribution in [2.75, 3.05) is 26.2 Å². The largest absolute Gasteiger partial charge is 0.337 e. The van der Waals surface area contributed by atoms with E-state index in [0.717, 1.165) is 37.0 Å². The quantitative estimate of drug-likeness (QED) is 0.328. The predicted octanol–water partition coefficient (Wildman–Crippen LogP) is 5.11. The Morgan fingerprint density at radius 3 is 2.37 bits per heavy atom. The van der Waals surface area contributed by atoms with E-state index in [9.17, 15) is 13.2 Å². The van der Waals surface area contributed by atoms with Crippen molar-refractivity contribution in [1.29, 1.82) is 0 Å². The van der Waals surface area contributed by atoms with Crippen LogP contribution in [0.5, 0.6) is 0 Å². The Morgan fingerprint density at radius 1 is 0.868 bits per heavy atom. The minimum absolute atomic E-state index is 0.0408. The zero-order chi connectivity index (χ0) is 26.5. The maximum atomic E-state index is 13.2. The number of carbonyl (C=O) groups is 1. The smallest absolute Gasteiger partial charge is 0.253 e. The zero-order valence-electron chi connectivity index (χ0n) is 21.0. The lowest BCUT2D eigenvalue weighted by Crippen LogP contribution is -2.35. The monoisotopic (exact) mass is 524 g/mol. The standard InChI is InChI=1S/C30H28N4O3S/c1-31-27-14-10-23(11-15-27)21-33-17-4-18-34(20-19-33)30(35)26-12-8-24(9-13-26)22-38(36,37)28-7-2-5-25-6-3-16-32-29(25)28/h2-3,5-16H,4,17-22H2. The third-order valence-electron chi connectivity index (χ3n) is 6.84. The van der Waals surface area contributed by atoms with Gasteiger partial charge in [-0.3, -0.25) is 14.7 Å². The molecule has 3 aromatic carbocycles. The van der Waals surface area contributed by atoms with Crippen LogP contribution < -0.4 is 0 Å². The summed E-state index contributed by atoms with van der Waals surface area (Å²) in [5.74, 6) is -0.201. The first-order valence-electron chi connectivity index (χ1n) is 12.6. The molecule has 0 saturated carbocycles. The summed E-state index contributed by atoms with van der Waals surface area (Å²) in [5.41, 5.74) is 3.44. The van der Waals surface area contributed by atoms with Crippen LogP contribution in [0.3, 0.4) is 0 Å². The van der Waals surface area contributed by atoms with Crippen molar-refractivity contribution in [1.82, 2.24) is 14.8 Å². The molecule has 0 spiro atoms. The van der Waals surface area contributed by atoms with Crippen molar-refractivity contribution in [3.05, 3.63) is 113 Å². The normalized spacial score (nSPS) is 14.7. The van der Waals surface area contributed by atoms with Crippen LogP contribution in [-0.4, -0.2) is 55.3 Å². The molecule has 1 aromatic heterocycles. The van der Waals surface area contributed by atoms with Crippen LogP contribution in [0.25, 0.3) is 15.7 Å². The van der Waals surface area contributed by atoms with Gasteiger partial charge < -0.3 is 4.90 Å². The van der Waals surface area contributed by atoms with E-state index in [1.165, 1.54) is 0 Å². The first-order chi connectivity index (χ1) is 18.4. The van der Waals surface area contributed by atoms with Crippen LogP contribution in [0.15, 0.2) is 90.0 Å². The van der Waals surface area contributed by atoms with E-state index in [-0.39, 0.29) is 16.6 Å². The lowest BCUT2D eigenvalue weighted by Gasteiger charge is -2.22. The van der Waals surface area contributed by atoms with E-state index < -0.39 is 9.84 Å². The number of hydrogen-bond donors (Lipinski definition) is 0. The predicted molar refractivity (Wildman–Crippen MR) is 148 cm³/mol. The van der Waals surface area contributed by atoms with E-state index in [0.29, 0.717) is 35.4 Å². The average Bonchev–Trinajstić information content (AvgIpc) is 3.18. The molecule has 1 aliphatic heterocycles. The van der Waals surface area contributed by atoms with Crippen LogP contribution in [0, 0.1) is 6.57 Å². The highest BCUT2D eigenvalue weighted by Crippen LogP contribution is 2.24. The fourth-order valence-electron chi connectivity index (χ4n) is 4.82. The number of pyridine rings is 1. The Bertz CT molecular complexity index is 1590. The van der Waals surface area contributed by atoms with Crippen molar-refractivity contribution >= 4 is 32.3 Å². The SMILES string of the molecule is [C-]#[N+]c1ccc(CN2CCCN(C(=O)c3ccc(CS(=O)(=O)c4cccc5cccnc45)cc3)CC2)cc1. The topological polar surface area (TPSA) is 74.9 Å². The number of carbonyl (C=O) groups excluding carboxylic acids is 1. The minimum Gasteiger partial charge on any atom is -0.337 e. The van der Waals surface area contributed by atoms with Gasteiger partial charge in [0, 0.05) is 49.9 Å². The Labute approximate surface area is 223 Å².